The smallest absolute Gasteiger partial charge is 0.187 e. The zero-order valence-electron chi connectivity index (χ0n) is 20.4. The Kier molecular flexibility index (Phi) is 8.11. The molecule has 9 unspecified atom stereocenters. The van der Waals surface area contributed by atoms with Crippen molar-refractivity contribution in [2.45, 2.75) is 75.4 Å². The third-order valence-electron chi connectivity index (χ3n) is 6.74. The molecule has 3 heterocycles. The quantitative estimate of drug-likeness (QED) is 0.475. The number of hydrogen-bond donors (Lipinski definition) is 0. The molecule has 2 aromatic rings. The minimum Gasteiger partial charge on any atom is -0.376 e. The fourth-order valence-corrected chi connectivity index (χ4v) is 4.83. The van der Waals surface area contributed by atoms with Gasteiger partial charge in [0.05, 0.1) is 25.9 Å². The summed E-state index contributed by atoms with van der Waals surface area (Å²) < 4.78 is 48.2. The lowest BCUT2D eigenvalue weighted by atomic mass is 9.98. The van der Waals surface area contributed by atoms with Crippen LogP contribution in [0.2, 0.25) is 0 Å². The van der Waals surface area contributed by atoms with Crippen molar-refractivity contribution < 1.29 is 37.9 Å². The van der Waals surface area contributed by atoms with E-state index in [0.717, 1.165) is 11.1 Å². The van der Waals surface area contributed by atoms with Gasteiger partial charge in [0, 0.05) is 14.2 Å². The molecular weight excluding hydrogens is 452 g/mol. The molecule has 3 aliphatic heterocycles. The average molecular weight is 487 g/mol. The van der Waals surface area contributed by atoms with Gasteiger partial charge in [-0.25, -0.2) is 0 Å². The Hall–Kier alpha value is -1.88. The second kappa shape index (κ2) is 11.5. The monoisotopic (exact) mass is 486 g/mol. The summed E-state index contributed by atoms with van der Waals surface area (Å²) in [4.78, 5) is 0. The maximum absolute atomic E-state index is 6.36. The van der Waals surface area contributed by atoms with E-state index in [2.05, 4.69) is 0 Å². The van der Waals surface area contributed by atoms with E-state index in [-0.39, 0.29) is 36.6 Å². The van der Waals surface area contributed by atoms with Crippen LogP contribution in [-0.2, 0) is 51.1 Å². The zero-order chi connectivity index (χ0) is 24.2. The maximum atomic E-state index is 6.36. The standard InChI is InChI=1S/C27H34O8/c1-17-21(28-2)23(30-14-18-10-6-4-7-11-18)24(29-3)27(33-17)34-20-16-32-26(25-22(20)35-25)31-15-19-12-8-5-9-13-19/h4-13,17,20-27H,14-16H2,1-3H3. The lowest BCUT2D eigenvalue weighted by Crippen LogP contribution is -2.60. The molecule has 8 nitrogen and oxygen atoms in total. The fraction of sp³-hybridized carbons (Fsp3) is 0.556. The number of rotatable bonds is 10. The summed E-state index contributed by atoms with van der Waals surface area (Å²) in [6.07, 6.45) is -3.02. The van der Waals surface area contributed by atoms with Crippen molar-refractivity contribution in [3.63, 3.8) is 0 Å². The number of ether oxygens (including phenoxy) is 8. The normalized spacial score (nSPS) is 36.5. The van der Waals surface area contributed by atoms with Crippen LogP contribution in [0.3, 0.4) is 0 Å². The number of benzene rings is 2. The molecule has 0 bridgehead atoms. The molecule has 8 heteroatoms. The summed E-state index contributed by atoms with van der Waals surface area (Å²) in [5, 5.41) is 0. The second-order valence-electron chi connectivity index (χ2n) is 9.11. The Morgan fingerprint density at radius 3 is 1.97 bits per heavy atom. The Bertz CT molecular complexity index is 912. The number of epoxide rings is 1. The van der Waals surface area contributed by atoms with Gasteiger partial charge in [0.2, 0.25) is 0 Å². The van der Waals surface area contributed by atoms with E-state index in [0.29, 0.717) is 19.8 Å². The summed E-state index contributed by atoms with van der Waals surface area (Å²) in [7, 11) is 3.29. The van der Waals surface area contributed by atoms with Gasteiger partial charge in [-0.05, 0) is 18.1 Å². The van der Waals surface area contributed by atoms with Crippen LogP contribution in [0.25, 0.3) is 0 Å². The molecule has 0 radical (unpaired) electrons. The highest BCUT2D eigenvalue weighted by Crippen LogP contribution is 2.39. The first kappa shape index (κ1) is 24.8. The molecule has 9 atom stereocenters. The van der Waals surface area contributed by atoms with Crippen molar-refractivity contribution in [2.75, 3.05) is 20.8 Å². The van der Waals surface area contributed by atoms with Crippen LogP contribution in [0, 0.1) is 0 Å². The molecule has 0 spiro atoms. The predicted octanol–water partition coefficient (Wildman–Crippen LogP) is 3.07. The average Bonchev–Trinajstić information content (AvgIpc) is 3.70. The molecular formula is C27H34O8. The van der Waals surface area contributed by atoms with Crippen LogP contribution in [0.4, 0.5) is 0 Å². The van der Waals surface area contributed by atoms with Crippen molar-refractivity contribution in [1.82, 2.24) is 0 Å². The molecule has 0 aliphatic carbocycles. The third-order valence-corrected chi connectivity index (χ3v) is 6.74. The first-order valence-electron chi connectivity index (χ1n) is 12.1. The summed E-state index contributed by atoms with van der Waals surface area (Å²) >= 11 is 0. The van der Waals surface area contributed by atoms with Gasteiger partial charge in [-0.15, -0.1) is 0 Å². The van der Waals surface area contributed by atoms with Crippen molar-refractivity contribution in [1.29, 1.82) is 0 Å². The highest BCUT2D eigenvalue weighted by molar-refractivity contribution is 5.14. The van der Waals surface area contributed by atoms with Crippen LogP contribution in [0.15, 0.2) is 60.7 Å². The lowest BCUT2D eigenvalue weighted by Gasteiger charge is -2.45. The van der Waals surface area contributed by atoms with Crippen molar-refractivity contribution >= 4 is 0 Å². The number of methoxy groups -OCH3 is 2. The van der Waals surface area contributed by atoms with Gasteiger partial charge < -0.3 is 37.9 Å². The Labute approximate surface area is 206 Å². The van der Waals surface area contributed by atoms with E-state index in [1.165, 1.54) is 0 Å². The second-order valence-corrected chi connectivity index (χ2v) is 9.11. The molecule has 190 valence electrons. The van der Waals surface area contributed by atoms with Crippen LogP contribution in [-0.4, -0.2) is 76.1 Å². The van der Waals surface area contributed by atoms with Gasteiger partial charge in [0.1, 0.15) is 36.6 Å². The van der Waals surface area contributed by atoms with E-state index >= 15 is 0 Å². The van der Waals surface area contributed by atoms with E-state index < -0.39 is 18.7 Å². The summed E-state index contributed by atoms with van der Waals surface area (Å²) in [5.74, 6) is 0. The van der Waals surface area contributed by atoms with Gasteiger partial charge in [0.25, 0.3) is 0 Å². The van der Waals surface area contributed by atoms with Gasteiger partial charge >= 0.3 is 0 Å². The van der Waals surface area contributed by atoms with Crippen LogP contribution >= 0.6 is 0 Å². The Balaban J connectivity index is 1.18. The van der Waals surface area contributed by atoms with Gasteiger partial charge in [0.15, 0.2) is 12.6 Å². The molecule has 3 fully saturated rings. The molecule has 0 amide bonds. The molecule has 2 aromatic carbocycles. The summed E-state index contributed by atoms with van der Waals surface area (Å²) in [6.45, 7) is 3.20. The molecule has 0 aromatic heterocycles. The fourth-order valence-electron chi connectivity index (χ4n) is 4.83. The van der Waals surface area contributed by atoms with Gasteiger partial charge in [-0.2, -0.15) is 0 Å². The minimum absolute atomic E-state index is 0.107. The van der Waals surface area contributed by atoms with E-state index in [4.69, 9.17) is 37.9 Å². The molecule has 3 aliphatic rings. The van der Waals surface area contributed by atoms with Crippen molar-refractivity contribution in [2.24, 2.45) is 0 Å². The minimum atomic E-state index is -0.651. The Morgan fingerprint density at radius 1 is 0.714 bits per heavy atom. The lowest BCUT2D eigenvalue weighted by molar-refractivity contribution is -0.326. The number of hydrogen-bond acceptors (Lipinski definition) is 8. The van der Waals surface area contributed by atoms with E-state index in [1.807, 2.05) is 67.6 Å². The predicted molar refractivity (Wildman–Crippen MR) is 125 cm³/mol. The van der Waals surface area contributed by atoms with E-state index in [1.54, 1.807) is 14.2 Å². The van der Waals surface area contributed by atoms with Crippen molar-refractivity contribution in [3.05, 3.63) is 71.8 Å². The molecule has 0 N–H and O–H groups in total. The van der Waals surface area contributed by atoms with Crippen LogP contribution in [0.1, 0.15) is 18.1 Å². The SMILES string of the molecule is COC1C(C)OC(OC2COC(OCc3ccccc3)C3OC23)C(OC)C1OCc1ccccc1. The van der Waals surface area contributed by atoms with Gasteiger partial charge in [-0.3, -0.25) is 0 Å². The van der Waals surface area contributed by atoms with Gasteiger partial charge in [-0.1, -0.05) is 60.7 Å². The first-order valence-corrected chi connectivity index (χ1v) is 12.1. The largest absolute Gasteiger partial charge is 0.376 e. The molecule has 5 rings (SSSR count). The van der Waals surface area contributed by atoms with E-state index in [9.17, 15) is 0 Å². The summed E-state index contributed by atoms with van der Waals surface area (Å²) in [5.41, 5.74) is 2.17. The third kappa shape index (κ3) is 5.76. The topological polar surface area (TPSA) is 77.1 Å². The summed E-state index contributed by atoms with van der Waals surface area (Å²) in [6, 6.07) is 20.0. The van der Waals surface area contributed by atoms with Crippen LogP contribution in [0.5, 0.6) is 0 Å². The molecule has 35 heavy (non-hydrogen) atoms. The highest BCUT2D eigenvalue weighted by atomic mass is 16.8. The zero-order valence-corrected chi connectivity index (χ0v) is 20.4. The molecule has 0 saturated carbocycles. The maximum Gasteiger partial charge on any atom is 0.187 e. The van der Waals surface area contributed by atoms with Crippen molar-refractivity contribution in [3.8, 4) is 0 Å². The number of fused-ring (bicyclic) bond motifs is 1. The highest BCUT2D eigenvalue weighted by Gasteiger charge is 2.57. The molecule has 3 saturated heterocycles. The van der Waals surface area contributed by atoms with Crippen LogP contribution < -0.4 is 0 Å². The Morgan fingerprint density at radius 2 is 1.34 bits per heavy atom. The first-order chi connectivity index (χ1) is 17.2.